The van der Waals surface area contributed by atoms with E-state index < -0.39 is 9.84 Å². The number of benzene rings is 1. The van der Waals surface area contributed by atoms with Crippen LogP contribution in [0.2, 0.25) is 0 Å². The number of halogens is 1. The summed E-state index contributed by atoms with van der Waals surface area (Å²) in [6.07, 6.45) is 7.88. The van der Waals surface area contributed by atoms with Crippen molar-refractivity contribution in [3.63, 3.8) is 0 Å². The fourth-order valence-corrected chi connectivity index (χ4v) is 4.74. The molecular formula is C25H31BrN4O3S. The average Bonchev–Trinajstić information content (AvgIpc) is 3.53. The lowest BCUT2D eigenvalue weighted by molar-refractivity contribution is 0.0605. The Morgan fingerprint density at radius 2 is 1.74 bits per heavy atom. The van der Waals surface area contributed by atoms with Crippen molar-refractivity contribution < 1.29 is 13.2 Å². The van der Waals surface area contributed by atoms with Gasteiger partial charge in [-0.05, 0) is 69.7 Å². The van der Waals surface area contributed by atoms with Crippen LogP contribution in [-0.2, 0) is 9.84 Å². The summed E-state index contributed by atoms with van der Waals surface area (Å²) in [6, 6.07) is 10.2. The van der Waals surface area contributed by atoms with Crippen LogP contribution < -0.4 is 0 Å². The number of hydrogen-bond donors (Lipinski definition) is 0. The lowest BCUT2D eigenvalue weighted by Crippen LogP contribution is -2.39. The van der Waals surface area contributed by atoms with Crippen molar-refractivity contribution in [2.24, 2.45) is 0 Å². The molecule has 1 aromatic carbocycles. The summed E-state index contributed by atoms with van der Waals surface area (Å²) in [7, 11) is -2.67. The molecule has 2 aromatic heterocycles. The number of aromatic nitrogens is 3. The van der Waals surface area contributed by atoms with Gasteiger partial charge in [-0.3, -0.25) is 4.79 Å². The van der Waals surface area contributed by atoms with E-state index in [0.29, 0.717) is 5.92 Å². The Kier molecular flexibility index (Phi) is 7.14. The van der Waals surface area contributed by atoms with E-state index in [4.69, 9.17) is 10.1 Å². The maximum atomic E-state index is 13.4. The highest BCUT2D eigenvalue weighted by Gasteiger charge is 2.32. The summed E-state index contributed by atoms with van der Waals surface area (Å²) in [5.74, 6) is 0.707. The maximum Gasteiger partial charge on any atom is 0.254 e. The van der Waals surface area contributed by atoms with Crippen LogP contribution in [-0.4, -0.2) is 52.9 Å². The van der Waals surface area contributed by atoms with Gasteiger partial charge in [-0.2, -0.15) is 5.10 Å². The van der Waals surface area contributed by atoms with Crippen LogP contribution in [0.1, 0.15) is 77.1 Å². The second-order valence-corrected chi connectivity index (χ2v) is 12.7. The number of hydrogen-bond acceptors (Lipinski definition) is 5. The molecule has 2 fully saturated rings. The first-order valence-electron chi connectivity index (χ1n) is 11.6. The maximum absolute atomic E-state index is 13.4. The number of likely N-dealkylation sites (tertiary alicyclic amines) is 1. The molecule has 1 atom stereocenters. The van der Waals surface area contributed by atoms with Gasteiger partial charge in [0.25, 0.3) is 5.91 Å². The number of carbonyl (C=O) groups excluding carboxylic acids is 1. The van der Waals surface area contributed by atoms with Crippen molar-refractivity contribution in [1.29, 1.82) is 0 Å². The van der Waals surface area contributed by atoms with Crippen LogP contribution in [0.5, 0.6) is 0 Å². The Morgan fingerprint density at radius 3 is 2.41 bits per heavy atom. The largest absolute Gasteiger partial charge is 0.330 e. The monoisotopic (exact) mass is 546 g/mol. The molecule has 0 spiro atoms. The Bertz CT molecular complexity index is 1320. The molecule has 1 aliphatic carbocycles. The molecule has 0 radical (unpaired) electrons. The number of nitrogens with zero attached hydrogens (tertiary/aromatic N) is 4. The van der Waals surface area contributed by atoms with E-state index >= 15 is 0 Å². The molecule has 9 heteroatoms. The predicted molar refractivity (Wildman–Crippen MR) is 137 cm³/mol. The molecule has 0 bridgehead atoms. The first kappa shape index (κ1) is 24.9. The lowest BCUT2D eigenvalue weighted by Gasteiger charge is -2.35. The zero-order valence-corrected chi connectivity index (χ0v) is 22.5. The number of rotatable bonds is 3. The van der Waals surface area contributed by atoms with E-state index in [1.165, 1.54) is 18.5 Å². The van der Waals surface area contributed by atoms with E-state index in [9.17, 15) is 13.2 Å². The molecule has 1 saturated heterocycles. The minimum absolute atomic E-state index is 0.0000987. The van der Waals surface area contributed by atoms with Crippen LogP contribution in [0.25, 0.3) is 5.65 Å². The van der Waals surface area contributed by atoms with Gasteiger partial charge in [0, 0.05) is 52.5 Å². The van der Waals surface area contributed by atoms with Crippen LogP contribution in [0.3, 0.4) is 0 Å². The lowest BCUT2D eigenvalue weighted by atomic mass is 9.97. The summed E-state index contributed by atoms with van der Waals surface area (Å²) in [6.45, 7) is 4.85. The van der Waals surface area contributed by atoms with Gasteiger partial charge in [0.2, 0.25) is 0 Å². The zero-order chi connectivity index (χ0) is 24.6. The van der Waals surface area contributed by atoms with Crippen molar-refractivity contribution in [3.05, 3.63) is 63.0 Å². The molecule has 182 valence electrons. The molecule has 0 unspecified atom stereocenters. The predicted octanol–water partition coefficient (Wildman–Crippen LogP) is 5.01. The smallest absolute Gasteiger partial charge is 0.254 e. The highest BCUT2D eigenvalue weighted by atomic mass is 79.9. The topological polar surface area (TPSA) is 84.6 Å². The quantitative estimate of drug-likeness (QED) is 0.460. The minimum Gasteiger partial charge on any atom is -0.330 e. The molecule has 0 N–H and O–H groups in total. The van der Waals surface area contributed by atoms with Crippen LogP contribution >= 0.6 is 15.9 Å². The van der Waals surface area contributed by atoms with Gasteiger partial charge in [-0.1, -0.05) is 22.0 Å². The minimum atomic E-state index is -2.67. The second kappa shape index (κ2) is 9.77. The Balaban J connectivity index is 0.000000499. The van der Waals surface area contributed by atoms with Gasteiger partial charge in [0.15, 0.2) is 5.65 Å². The summed E-state index contributed by atoms with van der Waals surface area (Å²) in [4.78, 5) is 20.3. The standard InChI is InChI=1S/C23H25BrN4O.C2H6O2S/c1-14-6-9-17(24)12-18(14)23(29)27-10-4-3-5-21(27)20-13-22-25-19(16-7-8-16)11-15(2)28(22)26-20;1-5(2,3)4/h6,9,11-13,16,21H,3-5,7-8,10H2,1-2H3;1-2H3/t21-;/m0./s1. The number of piperidine rings is 1. The van der Waals surface area contributed by atoms with Crippen molar-refractivity contribution in [2.45, 2.75) is 57.9 Å². The number of amides is 1. The molecule has 2 aliphatic rings. The van der Waals surface area contributed by atoms with Crippen molar-refractivity contribution in [3.8, 4) is 0 Å². The van der Waals surface area contributed by atoms with Crippen LogP contribution in [0.15, 0.2) is 34.8 Å². The van der Waals surface area contributed by atoms with E-state index in [-0.39, 0.29) is 11.9 Å². The first-order valence-corrected chi connectivity index (χ1v) is 14.7. The van der Waals surface area contributed by atoms with Gasteiger partial charge < -0.3 is 4.90 Å². The van der Waals surface area contributed by atoms with Gasteiger partial charge in [0.05, 0.1) is 11.7 Å². The number of aryl methyl sites for hydroxylation is 2. The van der Waals surface area contributed by atoms with E-state index in [1.54, 1.807) is 0 Å². The zero-order valence-electron chi connectivity index (χ0n) is 20.1. The Labute approximate surface area is 209 Å². The molecule has 5 rings (SSSR count). The SMILES string of the molecule is CS(C)(=O)=O.Cc1ccc(Br)cc1C(=O)N1CCCC[C@H]1c1cc2nc(C3CC3)cc(C)n2n1. The highest BCUT2D eigenvalue weighted by Crippen LogP contribution is 2.40. The van der Waals surface area contributed by atoms with E-state index in [0.717, 1.165) is 71.0 Å². The van der Waals surface area contributed by atoms with Crippen molar-refractivity contribution in [1.82, 2.24) is 19.5 Å². The Hall–Kier alpha value is -2.26. The summed E-state index contributed by atoms with van der Waals surface area (Å²) < 4.78 is 22.1. The molecule has 3 heterocycles. The fourth-order valence-electron chi connectivity index (χ4n) is 4.38. The normalized spacial score (nSPS) is 18.5. The summed E-state index contributed by atoms with van der Waals surface area (Å²) >= 11 is 3.51. The number of fused-ring (bicyclic) bond motifs is 1. The van der Waals surface area contributed by atoms with Crippen LogP contribution in [0.4, 0.5) is 0 Å². The van der Waals surface area contributed by atoms with Gasteiger partial charge >= 0.3 is 0 Å². The summed E-state index contributed by atoms with van der Waals surface area (Å²) in [5.41, 5.74) is 5.92. The molecule has 1 amide bonds. The average molecular weight is 548 g/mol. The number of sulfone groups is 1. The van der Waals surface area contributed by atoms with Crippen molar-refractivity contribution in [2.75, 3.05) is 19.1 Å². The van der Waals surface area contributed by atoms with Crippen LogP contribution in [0, 0.1) is 13.8 Å². The Morgan fingerprint density at radius 1 is 1.03 bits per heavy atom. The van der Waals surface area contributed by atoms with Gasteiger partial charge in [0.1, 0.15) is 9.84 Å². The second-order valence-electron chi connectivity index (χ2n) is 9.55. The highest BCUT2D eigenvalue weighted by molar-refractivity contribution is 9.10. The summed E-state index contributed by atoms with van der Waals surface area (Å²) in [5, 5.41) is 4.87. The molecule has 3 aromatic rings. The molecule has 7 nitrogen and oxygen atoms in total. The van der Waals surface area contributed by atoms with Gasteiger partial charge in [-0.25, -0.2) is 17.9 Å². The van der Waals surface area contributed by atoms with Gasteiger partial charge in [-0.15, -0.1) is 0 Å². The molecular weight excluding hydrogens is 516 g/mol. The van der Waals surface area contributed by atoms with E-state index in [2.05, 4.69) is 35.0 Å². The van der Waals surface area contributed by atoms with E-state index in [1.807, 2.05) is 34.5 Å². The molecule has 1 aliphatic heterocycles. The third-order valence-electron chi connectivity index (χ3n) is 6.17. The fraction of sp³-hybridized carbons (Fsp3) is 0.480. The number of carbonyl (C=O) groups is 1. The third-order valence-corrected chi connectivity index (χ3v) is 6.67. The molecule has 34 heavy (non-hydrogen) atoms. The van der Waals surface area contributed by atoms with Crippen molar-refractivity contribution >= 4 is 37.3 Å². The third kappa shape index (κ3) is 5.86. The first-order chi connectivity index (χ1) is 16.0. The molecule has 1 saturated carbocycles.